The predicted octanol–water partition coefficient (Wildman–Crippen LogP) is 0.383. The van der Waals surface area contributed by atoms with Crippen molar-refractivity contribution in [3.8, 4) is 0 Å². The van der Waals surface area contributed by atoms with Crippen LogP contribution in [0.25, 0.3) is 0 Å². The van der Waals surface area contributed by atoms with Gasteiger partial charge in [-0.3, -0.25) is 0 Å². The van der Waals surface area contributed by atoms with Crippen molar-refractivity contribution in [3.63, 3.8) is 0 Å². The number of hydrogen-bond donors (Lipinski definition) is 3. The van der Waals surface area contributed by atoms with Crippen LogP contribution >= 0.6 is 31.9 Å². The van der Waals surface area contributed by atoms with E-state index in [1.165, 1.54) is 0 Å². The zero-order valence-corrected chi connectivity index (χ0v) is 7.76. The monoisotopic (exact) mass is 274 g/mol. The molecule has 0 unspecified atom stereocenters. The Balaban J connectivity index is 4.50. The van der Waals surface area contributed by atoms with Crippen LogP contribution in [0, 0.1) is 0 Å². The van der Waals surface area contributed by atoms with Gasteiger partial charge in [-0.25, -0.2) is 4.79 Å². The van der Waals surface area contributed by atoms with Gasteiger partial charge in [-0.15, -0.1) is 0 Å². The summed E-state index contributed by atoms with van der Waals surface area (Å²) in [5, 5.41) is 25.0. The first kappa shape index (κ1) is 10.1. The minimum atomic E-state index is -1.80. The molecule has 0 aliphatic rings. The molecule has 0 bridgehead atoms. The number of carboxylic acids is 1. The van der Waals surface area contributed by atoms with E-state index in [2.05, 4.69) is 31.9 Å². The second-order valence-corrected chi connectivity index (χ2v) is 2.99. The average molecular weight is 276 g/mol. The number of halogens is 2. The fourth-order valence-corrected chi connectivity index (χ4v) is 0.590. The summed E-state index contributed by atoms with van der Waals surface area (Å²) in [6, 6.07) is 0. The number of hydrogen-bond acceptors (Lipinski definition) is 3. The molecular formula is C4H4Br2O4. The Morgan fingerprint density at radius 3 is 1.80 bits per heavy atom. The van der Waals surface area contributed by atoms with Gasteiger partial charge in [0, 0.05) is 0 Å². The fourth-order valence-electron chi connectivity index (χ4n) is 0.215. The van der Waals surface area contributed by atoms with E-state index in [9.17, 15) is 4.79 Å². The molecule has 0 aromatic rings. The van der Waals surface area contributed by atoms with Crippen molar-refractivity contribution in [2.45, 2.75) is 6.29 Å². The summed E-state index contributed by atoms with van der Waals surface area (Å²) < 4.78 is -0.512. The van der Waals surface area contributed by atoms with Gasteiger partial charge in [0.2, 0.25) is 0 Å². The lowest BCUT2D eigenvalue weighted by Gasteiger charge is -2.01. The van der Waals surface area contributed by atoms with E-state index in [1.54, 1.807) is 0 Å². The molecule has 0 spiro atoms. The van der Waals surface area contributed by atoms with Crippen molar-refractivity contribution in [2.24, 2.45) is 0 Å². The van der Waals surface area contributed by atoms with E-state index in [-0.39, 0.29) is 8.96 Å². The predicted molar refractivity (Wildman–Crippen MR) is 40.7 cm³/mol. The molecular weight excluding hydrogens is 272 g/mol. The van der Waals surface area contributed by atoms with E-state index in [0.29, 0.717) is 0 Å². The van der Waals surface area contributed by atoms with Gasteiger partial charge >= 0.3 is 5.97 Å². The van der Waals surface area contributed by atoms with Crippen molar-refractivity contribution < 1.29 is 20.1 Å². The zero-order valence-electron chi connectivity index (χ0n) is 4.58. The Labute approximate surface area is 73.4 Å². The molecule has 0 aliphatic carbocycles. The van der Waals surface area contributed by atoms with Gasteiger partial charge in [0.15, 0.2) is 6.29 Å². The fraction of sp³-hybridized carbons (Fsp3) is 0.250. The molecule has 10 heavy (non-hydrogen) atoms. The Bertz CT molecular complexity index is 174. The number of carboxylic acid groups (broad SMARTS) is 1. The maximum atomic E-state index is 10.1. The molecule has 0 fully saturated rings. The van der Waals surface area contributed by atoms with Crippen LogP contribution in [0.4, 0.5) is 0 Å². The standard InChI is InChI=1S/C4H4Br2O4/c5-1(3(7)8)2(6)4(9)10/h3,7-8H,(H,9,10)/b2-1-. The molecule has 0 heterocycles. The third kappa shape index (κ3) is 2.78. The minimum absolute atomic E-state index is 0.208. The molecule has 58 valence electrons. The average Bonchev–Trinajstić information content (AvgIpc) is 1.84. The Kier molecular flexibility index (Phi) is 4.11. The van der Waals surface area contributed by atoms with Gasteiger partial charge in [0.05, 0.1) is 4.48 Å². The highest BCUT2D eigenvalue weighted by Crippen LogP contribution is 2.20. The second-order valence-electron chi connectivity index (χ2n) is 1.34. The summed E-state index contributed by atoms with van der Waals surface area (Å²) in [7, 11) is 0. The Morgan fingerprint density at radius 2 is 1.70 bits per heavy atom. The van der Waals surface area contributed by atoms with Gasteiger partial charge in [-0.1, -0.05) is 0 Å². The van der Waals surface area contributed by atoms with Crippen LogP contribution in [-0.2, 0) is 4.79 Å². The normalized spacial score (nSPS) is 13.3. The largest absolute Gasteiger partial charge is 0.477 e. The summed E-state index contributed by atoms with van der Waals surface area (Å²) in [5.74, 6) is -1.26. The molecule has 0 amide bonds. The van der Waals surface area contributed by atoms with Gasteiger partial charge in [0.1, 0.15) is 4.48 Å². The topological polar surface area (TPSA) is 77.8 Å². The molecule has 4 nitrogen and oxygen atoms in total. The Hall–Kier alpha value is 0.0900. The Morgan fingerprint density at radius 1 is 1.30 bits per heavy atom. The van der Waals surface area contributed by atoms with Crippen LogP contribution in [0.3, 0.4) is 0 Å². The molecule has 0 saturated carbocycles. The van der Waals surface area contributed by atoms with Gasteiger partial charge in [-0.2, -0.15) is 0 Å². The van der Waals surface area contributed by atoms with Gasteiger partial charge < -0.3 is 15.3 Å². The SMILES string of the molecule is O=C(O)/C(Br)=C(/Br)C(O)O. The molecule has 0 atom stereocenters. The third-order valence-corrected chi connectivity index (χ3v) is 2.73. The van der Waals surface area contributed by atoms with Crippen LogP contribution in [0.15, 0.2) is 8.96 Å². The lowest BCUT2D eigenvalue weighted by Crippen LogP contribution is -2.08. The number of rotatable bonds is 2. The number of aliphatic carboxylic acids is 1. The van der Waals surface area contributed by atoms with Crippen molar-refractivity contribution in [3.05, 3.63) is 8.96 Å². The lowest BCUT2D eigenvalue weighted by atomic mass is 10.5. The van der Waals surface area contributed by atoms with Crippen molar-refractivity contribution in [2.75, 3.05) is 0 Å². The van der Waals surface area contributed by atoms with E-state index >= 15 is 0 Å². The first-order valence-electron chi connectivity index (χ1n) is 2.11. The smallest absolute Gasteiger partial charge is 0.343 e. The summed E-state index contributed by atoms with van der Waals surface area (Å²) in [6.45, 7) is 0. The van der Waals surface area contributed by atoms with Gasteiger partial charge in [-0.05, 0) is 31.9 Å². The van der Waals surface area contributed by atoms with E-state index < -0.39 is 12.3 Å². The molecule has 0 saturated heterocycles. The molecule has 0 aromatic carbocycles. The van der Waals surface area contributed by atoms with Crippen LogP contribution in [0.5, 0.6) is 0 Å². The van der Waals surface area contributed by atoms with Gasteiger partial charge in [0.25, 0.3) is 0 Å². The maximum absolute atomic E-state index is 10.1. The maximum Gasteiger partial charge on any atom is 0.343 e. The van der Waals surface area contributed by atoms with Crippen LogP contribution in [0.1, 0.15) is 0 Å². The molecule has 0 aliphatic heterocycles. The lowest BCUT2D eigenvalue weighted by molar-refractivity contribution is -0.132. The quantitative estimate of drug-likeness (QED) is 0.503. The molecule has 6 heteroatoms. The summed E-state index contributed by atoms with van der Waals surface area (Å²) in [6.07, 6.45) is -1.80. The number of aliphatic hydroxyl groups is 2. The van der Waals surface area contributed by atoms with E-state index in [1.807, 2.05) is 0 Å². The number of aliphatic hydroxyl groups excluding tert-OH is 1. The van der Waals surface area contributed by atoms with E-state index in [4.69, 9.17) is 15.3 Å². The van der Waals surface area contributed by atoms with Crippen molar-refractivity contribution in [1.29, 1.82) is 0 Å². The highest BCUT2D eigenvalue weighted by molar-refractivity contribution is 9.14. The second kappa shape index (κ2) is 4.07. The summed E-state index contributed by atoms with van der Waals surface area (Å²) >= 11 is 5.28. The first-order valence-corrected chi connectivity index (χ1v) is 3.70. The minimum Gasteiger partial charge on any atom is -0.477 e. The highest BCUT2D eigenvalue weighted by atomic mass is 79.9. The van der Waals surface area contributed by atoms with Crippen LogP contribution < -0.4 is 0 Å². The molecule has 0 radical (unpaired) electrons. The third-order valence-electron chi connectivity index (χ3n) is 0.624. The number of carbonyl (C=O) groups is 1. The first-order chi connectivity index (χ1) is 4.46. The highest BCUT2D eigenvalue weighted by Gasteiger charge is 2.13. The zero-order chi connectivity index (χ0) is 8.31. The van der Waals surface area contributed by atoms with Crippen molar-refractivity contribution >= 4 is 37.8 Å². The molecule has 3 N–H and O–H groups in total. The molecule has 0 aromatic heterocycles. The van der Waals surface area contributed by atoms with Crippen LogP contribution in [0.2, 0.25) is 0 Å². The summed E-state index contributed by atoms with van der Waals surface area (Å²) in [5.41, 5.74) is 0. The molecule has 0 rings (SSSR count). The van der Waals surface area contributed by atoms with Crippen LogP contribution in [-0.4, -0.2) is 27.6 Å². The van der Waals surface area contributed by atoms with Crippen molar-refractivity contribution in [1.82, 2.24) is 0 Å². The van der Waals surface area contributed by atoms with E-state index in [0.717, 1.165) is 0 Å². The summed E-state index contributed by atoms with van der Waals surface area (Å²) in [4.78, 5) is 10.1.